The average Bonchev–Trinajstić information content (AvgIpc) is 3.23. The van der Waals surface area contributed by atoms with Gasteiger partial charge in [0.2, 0.25) is 0 Å². The van der Waals surface area contributed by atoms with Crippen molar-refractivity contribution in [2.45, 2.75) is 19.4 Å². The summed E-state index contributed by atoms with van der Waals surface area (Å²) in [4.78, 5) is 17.9. The fourth-order valence-corrected chi connectivity index (χ4v) is 4.14. The first-order chi connectivity index (χ1) is 16.0. The topological polar surface area (TPSA) is 82.2 Å². The van der Waals surface area contributed by atoms with E-state index in [2.05, 4.69) is 22.2 Å². The number of rotatable bonds is 2. The van der Waals surface area contributed by atoms with Crippen molar-refractivity contribution in [3.8, 4) is 23.0 Å². The van der Waals surface area contributed by atoms with Gasteiger partial charge in [0.05, 0.1) is 11.2 Å². The second kappa shape index (κ2) is 9.15. The molecule has 6 rings (SSSR count). The summed E-state index contributed by atoms with van der Waals surface area (Å²) < 4.78 is 22.3. The number of likely N-dealkylation sites (tertiary alicyclic amines) is 1. The number of pyridine rings is 1. The lowest BCUT2D eigenvalue weighted by Crippen LogP contribution is -2.25. The molecule has 172 valence electrons. The summed E-state index contributed by atoms with van der Waals surface area (Å²) in [7, 11) is 2.09. The summed E-state index contributed by atoms with van der Waals surface area (Å²) >= 11 is 0. The van der Waals surface area contributed by atoms with Crippen molar-refractivity contribution in [3.63, 3.8) is 0 Å². The van der Waals surface area contributed by atoms with Gasteiger partial charge in [-0.05, 0) is 56.8 Å². The van der Waals surface area contributed by atoms with Crippen molar-refractivity contribution in [1.29, 1.82) is 0 Å². The van der Waals surface area contributed by atoms with E-state index in [0.29, 0.717) is 24.7 Å². The Balaban J connectivity index is 0.000000140. The normalized spacial score (nSPS) is 19.1. The highest BCUT2D eigenvalue weighted by Gasteiger charge is 2.22. The molecule has 4 heterocycles. The fourth-order valence-electron chi connectivity index (χ4n) is 4.14. The number of carbonyl (C=O) groups is 1. The van der Waals surface area contributed by atoms with E-state index in [0.717, 1.165) is 53.4 Å². The van der Waals surface area contributed by atoms with Gasteiger partial charge in [-0.3, -0.25) is 9.78 Å². The maximum absolute atomic E-state index is 11.2. The second-order valence-electron chi connectivity index (χ2n) is 8.39. The molecule has 0 bridgehead atoms. The van der Waals surface area contributed by atoms with Gasteiger partial charge in [0.15, 0.2) is 18.1 Å². The SMILES string of the molecule is CN1CCC(Oc2ccc3c(c2)NC(=O)CO3)C1.Cc1ccc2c3c(ccc2n1)OCCO3. The molecule has 8 nitrogen and oxygen atoms in total. The molecule has 8 heteroatoms. The zero-order valence-electron chi connectivity index (χ0n) is 18.8. The number of fused-ring (bicyclic) bond motifs is 4. The lowest BCUT2D eigenvalue weighted by atomic mass is 10.1. The molecule has 3 aliphatic rings. The van der Waals surface area contributed by atoms with E-state index in [-0.39, 0.29) is 18.6 Å². The average molecular weight is 450 g/mol. The van der Waals surface area contributed by atoms with Gasteiger partial charge in [0.1, 0.15) is 30.8 Å². The van der Waals surface area contributed by atoms with Crippen molar-refractivity contribution < 1.29 is 23.7 Å². The predicted molar refractivity (Wildman–Crippen MR) is 125 cm³/mol. The third-order valence-electron chi connectivity index (χ3n) is 5.75. The van der Waals surface area contributed by atoms with Gasteiger partial charge >= 0.3 is 0 Å². The maximum Gasteiger partial charge on any atom is 0.262 e. The molecule has 1 unspecified atom stereocenters. The number of aromatic nitrogens is 1. The van der Waals surface area contributed by atoms with Crippen LogP contribution in [0.4, 0.5) is 5.69 Å². The molecule has 3 aliphatic heterocycles. The molecule has 0 aliphatic carbocycles. The van der Waals surface area contributed by atoms with E-state index >= 15 is 0 Å². The lowest BCUT2D eigenvalue weighted by Gasteiger charge is -2.20. The van der Waals surface area contributed by atoms with Crippen LogP contribution in [0.2, 0.25) is 0 Å². The third kappa shape index (κ3) is 4.80. The Kier molecular flexibility index (Phi) is 5.92. The van der Waals surface area contributed by atoms with E-state index in [1.165, 1.54) is 0 Å². The van der Waals surface area contributed by atoms with E-state index in [1.807, 2.05) is 49.4 Å². The predicted octanol–water partition coefficient (Wildman–Crippen LogP) is 3.41. The molecule has 2 aromatic carbocycles. The standard InChI is InChI=1S/C13H16N2O3.C12H11NO2/c1-15-5-4-10(7-15)18-9-2-3-12-11(6-9)14-13(16)8-17-12;1-8-2-3-9-10(13-8)4-5-11-12(9)15-7-6-14-11/h2-3,6,10H,4-5,7-8H2,1H3,(H,14,16);2-5H,6-7H2,1H3. The zero-order chi connectivity index (χ0) is 22.8. The van der Waals surface area contributed by atoms with Crippen molar-refractivity contribution >= 4 is 22.5 Å². The minimum atomic E-state index is -0.125. The van der Waals surface area contributed by atoms with Crippen LogP contribution < -0.4 is 24.3 Å². The first-order valence-electron chi connectivity index (χ1n) is 11.1. The zero-order valence-corrected chi connectivity index (χ0v) is 18.8. The number of amides is 1. The van der Waals surface area contributed by atoms with Gasteiger partial charge in [-0.1, -0.05) is 0 Å². The largest absolute Gasteiger partial charge is 0.489 e. The van der Waals surface area contributed by atoms with E-state index in [4.69, 9.17) is 18.9 Å². The van der Waals surface area contributed by atoms with Crippen LogP contribution >= 0.6 is 0 Å². The number of likely N-dealkylation sites (N-methyl/N-ethyl adjacent to an activating group) is 1. The number of benzene rings is 2. The first-order valence-corrected chi connectivity index (χ1v) is 11.1. The summed E-state index contributed by atoms with van der Waals surface area (Å²) in [6.45, 7) is 5.31. The molecule has 1 fully saturated rings. The van der Waals surface area contributed by atoms with Crippen molar-refractivity contribution in [3.05, 3.63) is 48.2 Å². The van der Waals surface area contributed by atoms with Crippen molar-refractivity contribution in [1.82, 2.24) is 9.88 Å². The summed E-state index contributed by atoms with van der Waals surface area (Å²) in [5, 5.41) is 3.81. The monoisotopic (exact) mass is 449 g/mol. The van der Waals surface area contributed by atoms with E-state index < -0.39 is 0 Å². The number of nitrogens with zero attached hydrogens (tertiary/aromatic N) is 2. The Morgan fingerprint density at radius 1 is 1.06 bits per heavy atom. The minimum absolute atomic E-state index is 0.0840. The first kappa shape index (κ1) is 21.3. The molecule has 3 aromatic rings. The van der Waals surface area contributed by atoms with Gasteiger partial charge in [0.25, 0.3) is 5.91 Å². The van der Waals surface area contributed by atoms with Crippen LogP contribution in [-0.2, 0) is 4.79 Å². The van der Waals surface area contributed by atoms with Crippen LogP contribution in [0, 0.1) is 6.92 Å². The van der Waals surface area contributed by atoms with Gasteiger partial charge in [-0.25, -0.2) is 0 Å². The number of aryl methyl sites for hydroxylation is 1. The molecule has 0 radical (unpaired) electrons. The highest BCUT2D eigenvalue weighted by molar-refractivity contribution is 5.95. The number of ether oxygens (including phenoxy) is 4. The van der Waals surface area contributed by atoms with Crippen molar-refractivity contribution in [2.24, 2.45) is 0 Å². The molecule has 33 heavy (non-hydrogen) atoms. The fraction of sp³-hybridized carbons (Fsp3) is 0.360. The Labute approximate surface area is 192 Å². The summed E-state index contributed by atoms with van der Waals surface area (Å²) in [5.41, 5.74) is 2.66. The number of hydrogen-bond acceptors (Lipinski definition) is 7. The second-order valence-corrected chi connectivity index (χ2v) is 8.39. The van der Waals surface area contributed by atoms with E-state index in [9.17, 15) is 4.79 Å². The maximum atomic E-state index is 11.2. The number of nitrogens with one attached hydrogen (secondary N) is 1. The minimum Gasteiger partial charge on any atom is -0.489 e. The van der Waals surface area contributed by atoms with Gasteiger partial charge < -0.3 is 29.2 Å². The molecule has 1 saturated heterocycles. The Morgan fingerprint density at radius 2 is 1.91 bits per heavy atom. The summed E-state index contributed by atoms with van der Waals surface area (Å²) in [6, 6.07) is 13.5. The third-order valence-corrected chi connectivity index (χ3v) is 5.75. The molecule has 1 aromatic heterocycles. The van der Waals surface area contributed by atoms with Crippen LogP contribution in [0.25, 0.3) is 10.9 Å². The molecule has 0 spiro atoms. The van der Waals surface area contributed by atoms with Gasteiger partial charge in [0, 0.05) is 30.2 Å². The molecular weight excluding hydrogens is 422 g/mol. The summed E-state index contributed by atoms with van der Waals surface area (Å²) in [5.74, 6) is 3.00. The molecule has 1 amide bonds. The van der Waals surface area contributed by atoms with Gasteiger partial charge in [-0.15, -0.1) is 0 Å². The van der Waals surface area contributed by atoms with Crippen LogP contribution in [-0.4, -0.2) is 61.9 Å². The number of anilines is 1. The molecule has 0 saturated carbocycles. The molecule has 1 atom stereocenters. The smallest absolute Gasteiger partial charge is 0.262 e. The van der Waals surface area contributed by atoms with Gasteiger partial charge in [-0.2, -0.15) is 0 Å². The van der Waals surface area contributed by atoms with Crippen LogP contribution in [0.3, 0.4) is 0 Å². The highest BCUT2D eigenvalue weighted by Crippen LogP contribution is 2.37. The Bertz CT molecular complexity index is 1180. The van der Waals surface area contributed by atoms with Crippen LogP contribution in [0.1, 0.15) is 12.1 Å². The Hall–Kier alpha value is -3.52. The lowest BCUT2D eigenvalue weighted by molar-refractivity contribution is -0.118. The highest BCUT2D eigenvalue weighted by atomic mass is 16.6. The van der Waals surface area contributed by atoms with Crippen LogP contribution in [0.5, 0.6) is 23.0 Å². The quantitative estimate of drug-likeness (QED) is 0.642. The summed E-state index contributed by atoms with van der Waals surface area (Å²) in [6.07, 6.45) is 1.27. The number of carbonyl (C=O) groups excluding carboxylic acids is 1. The number of hydrogen-bond donors (Lipinski definition) is 1. The van der Waals surface area contributed by atoms with Crippen LogP contribution in [0.15, 0.2) is 42.5 Å². The Morgan fingerprint density at radius 3 is 2.76 bits per heavy atom. The molecule has 1 N–H and O–H groups in total. The van der Waals surface area contributed by atoms with Crippen molar-refractivity contribution in [2.75, 3.05) is 45.3 Å². The van der Waals surface area contributed by atoms with E-state index in [1.54, 1.807) is 0 Å². The molecular formula is C25H27N3O5.